The molecular formula is C25H23ClN4O2. The summed E-state index contributed by atoms with van der Waals surface area (Å²) in [5.41, 5.74) is 6.49. The highest BCUT2D eigenvalue weighted by Crippen LogP contribution is 2.30. The number of hydrogen-bond acceptors (Lipinski definition) is 4. The molecule has 32 heavy (non-hydrogen) atoms. The zero-order valence-corrected chi connectivity index (χ0v) is 19.0. The van der Waals surface area contributed by atoms with E-state index in [9.17, 15) is 4.79 Å². The summed E-state index contributed by atoms with van der Waals surface area (Å²) in [5.74, 6) is 0.321. The monoisotopic (exact) mass is 446 g/mol. The lowest BCUT2D eigenvalue weighted by atomic mass is 10.1. The van der Waals surface area contributed by atoms with Crippen molar-refractivity contribution in [3.05, 3.63) is 75.9 Å². The zero-order chi connectivity index (χ0) is 22.4. The van der Waals surface area contributed by atoms with E-state index in [-0.39, 0.29) is 12.5 Å². The van der Waals surface area contributed by atoms with Crippen molar-refractivity contribution in [2.75, 3.05) is 18.1 Å². The first kappa shape index (κ1) is 20.5. The van der Waals surface area contributed by atoms with Crippen LogP contribution in [0.15, 0.2) is 48.5 Å². The van der Waals surface area contributed by atoms with Gasteiger partial charge in [-0.05, 0) is 62.1 Å². The van der Waals surface area contributed by atoms with Crippen molar-refractivity contribution in [2.24, 2.45) is 0 Å². The summed E-state index contributed by atoms with van der Waals surface area (Å²) in [5, 5.41) is 6.35. The Hall–Kier alpha value is -3.38. The Morgan fingerprint density at radius 3 is 2.72 bits per heavy atom. The maximum Gasteiger partial charge on any atom is 0.264 e. The second-order valence-corrected chi connectivity index (χ2v) is 8.48. The summed E-state index contributed by atoms with van der Waals surface area (Å²) in [6.07, 6.45) is 0.864. The number of anilines is 1. The fourth-order valence-corrected chi connectivity index (χ4v) is 4.52. The number of nitrogens with zero attached hydrogens (tertiary/aromatic N) is 4. The molecule has 0 spiro atoms. The molecule has 4 aromatic rings. The van der Waals surface area contributed by atoms with Gasteiger partial charge in [-0.15, -0.1) is 0 Å². The minimum absolute atomic E-state index is 0.0738. The smallest absolute Gasteiger partial charge is 0.264 e. The standard InChI is InChI=1S/C25H23ClN4O2/c1-15-13-22(32-14-23(31)29-12-11-18-7-4-5-9-21(18)29)27-25-24(15)17(3)28-30(25)20-10-6-8-19(26)16(20)2/h4-10,13H,11-12,14H2,1-3H3. The molecule has 7 heteroatoms. The number of benzene rings is 2. The SMILES string of the molecule is Cc1c(Cl)cccc1-n1nc(C)c2c(C)cc(OCC(=O)N3CCc4ccccc43)nc21. The van der Waals surface area contributed by atoms with Gasteiger partial charge in [0.15, 0.2) is 12.3 Å². The number of aromatic nitrogens is 3. The van der Waals surface area contributed by atoms with Crippen LogP contribution in [-0.4, -0.2) is 33.8 Å². The summed E-state index contributed by atoms with van der Waals surface area (Å²) in [6.45, 7) is 6.52. The Morgan fingerprint density at radius 2 is 1.88 bits per heavy atom. The van der Waals surface area contributed by atoms with Crippen LogP contribution in [0.25, 0.3) is 16.7 Å². The van der Waals surface area contributed by atoms with Crippen molar-refractivity contribution in [2.45, 2.75) is 27.2 Å². The number of ether oxygens (including phenoxy) is 1. The van der Waals surface area contributed by atoms with Gasteiger partial charge in [0.25, 0.3) is 5.91 Å². The second-order valence-electron chi connectivity index (χ2n) is 8.07. The topological polar surface area (TPSA) is 60.3 Å². The van der Waals surface area contributed by atoms with Crippen LogP contribution in [0.4, 0.5) is 5.69 Å². The highest BCUT2D eigenvalue weighted by molar-refractivity contribution is 6.31. The van der Waals surface area contributed by atoms with Crippen molar-refractivity contribution in [1.82, 2.24) is 14.8 Å². The molecule has 0 aliphatic carbocycles. The molecule has 1 aliphatic rings. The average molecular weight is 447 g/mol. The fourth-order valence-electron chi connectivity index (χ4n) is 4.35. The number of carbonyl (C=O) groups is 1. The lowest BCUT2D eigenvalue weighted by Gasteiger charge is -2.17. The summed E-state index contributed by atoms with van der Waals surface area (Å²) in [7, 11) is 0. The molecule has 3 heterocycles. The molecule has 0 bridgehead atoms. The van der Waals surface area contributed by atoms with Crippen LogP contribution in [-0.2, 0) is 11.2 Å². The van der Waals surface area contributed by atoms with Crippen molar-refractivity contribution in [3.8, 4) is 11.6 Å². The van der Waals surface area contributed by atoms with E-state index in [1.54, 1.807) is 9.58 Å². The molecule has 0 saturated carbocycles. The Kier molecular flexibility index (Phi) is 5.10. The van der Waals surface area contributed by atoms with E-state index in [0.29, 0.717) is 23.1 Å². The number of halogens is 1. The molecule has 2 aromatic heterocycles. The van der Waals surface area contributed by atoms with Gasteiger partial charge >= 0.3 is 0 Å². The summed E-state index contributed by atoms with van der Waals surface area (Å²) in [4.78, 5) is 19.3. The predicted molar refractivity (Wildman–Crippen MR) is 126 cm³/mol. The normalized spacial score (nSPS) is 12.9. The molecule has 0 fully saturated rings. The van der Waals surface area contributed by atoms with E-state index in [4.69, 9.17) is 26.4 Å². The second kappa shape index (κ2) is 7.95. The largest absolute Gasteiger partial charge is 0.467 e. The van der Waals surface area contributed by atoms with E-state index < -0.39 is 0 Å². The first-order valence-corrected chi connectivity index (χ1v) is 11.0. The molecule has 1 amide bonds. The van der Waals surface area contributed by atoms with E-state index >= 15 is 0 Å². The lowest BCUT2D eigenvalue weighted by molar-refractivity contribution is -0.120. The van der Waals surface area contributed by atoms with Crippen molar-refractivity contribution in [1.29, 1.82) is 0 Å². The van der Waals surface area contributed by atoms with Crippen LogP contribution in [0.3, 0.4) is 0 Å². The minimum Gasteiger partial charge on any atom is -0.467 e. The van der Waals surface area contributed by atoms with Gasteiger partial charge in [-0.25, -0.2) is 4.68 Å². The molecular weight excluding hydrogens is 424 g/mol. The van der Waals surface area contributed by atoms with E-state index in [1.807, 2.05) is 63.2 Å². The van der Waals surface area contributed by atoms with Gasteiger partial charge in [0.05, 0.1) is 11.4 Å². The van der Waals surface area contributed by atoms with Crippen LogP contribution >= 0.6 is 11.6 Å². The number of amides is 1. The number of fused-ring (bicyclic) bond motifs is 2. The number of aryl methyl sites for hydroxylation is 2. The van der Waals surface area contributed by atoms with Crippen molar-refractivity contribution in [3.63, 3.8) is 0 Å². The maximum absolute atomic E-state index is 12.8. The number of para-hydroxylation sites is 1. The lowest BCUT2D eigenvalue weighted by Crippen LogP contribution is -2.33. The Bertz CT molecular complexity index is 1360. The van der Waals surface area contributed by atoms with E-state index in [1.165, 1.54) is 5.56 Å². The van der Waals surface area contributed by atoms with E-state index in [2.05, 4.69) is 6.07 Å². The highest BCUT2D eigenvalue weighted by Gasteiger charge is 2.25. The van der Waals surface area contributed by atoms with Gasteiger partial charge in [-0.2, -0.15) is 10.1 Å². The predicted octanol–water partition coefficient (Wildman–Crippen LogP) is 4.97. The van der Waals surface area contributed by atoms with Gasteiger partial charge < -0.3 is 9.64 Å². The number of pyridine rings is 1. The van der Waals surface area contributed by atoms with Gasteiger partial charge in [0.2, 0.25) is 5.88 Å². The van der Waals surface area contributed by atoms with Gasteiger partial charge in [-0.1, -0.05) is 35.9 Å². The molecule has 6 nitrogen and oxygen atoms in total. The molecule has 5 rings (SSSR count). The summed E-state index contributed by atoms with van der Waals surface area (Å²) >= 11 is 6.34. The zero-order valence-electron chi connectivity index (χ0n) is 18.2. The number of rotatable bonds is 4. The molecule has 0 radical (unpaired) electrons. The highest BCUT2D eigenvalue weighted by atomic mass is 35.5. The third kappa shape index (κ3) is 3.41. The first-order chi connectivity index (χ1) is 15.4. The molecule has 0 unspecified atom stereocenters. The number of hydrogen-bond donors (Lipinski definition) is 0. The van der Waals surface area contributed by atoms with Crippen LogP contribution in [0.5, 0.6) is 5.88 Å². The molecule has 162 valence electrons. The summed E-state index contributed by atoms with van der Waals surface area (Å²) < 4.78 is 7.66. The third-order valence-electron chi connectivity index (χ3n) is 5.99. The summed E-state index contributed by atoms with van der Waals surface area (Å²) in [6, 6.07) is 15.6. The Balaban J connectivity index is 1.46. The quantitative estimate of drug-likeness (QED) is 0.444. The van der Waals surface area contributed by atoms with Crippen molar-refractivity contribution < 1.29 is 9.53 Å². The molecule has 1 aliphatic heterocycles. The van der Waals surface area contributed by atoms with Gasteiger partial charge in [-0.3, -0.25) is 4.79 Å². The van der Waals surface area contributed by atoms with Crippen LogP contribution < -0.4 is 9.64 Å². The van der Waals surface area contributed by atoms with Crippen LogP contribution in [0, 0.1) is 20.8 Å². The molecule has 2 aromatic carbocycles. The molecule has 0 saturated heterocycles. The fraction of sp³-hybridized carbons (Fsp3) is 0.240. The maximum atomic E-state index is 12.8. The van der Waals surface area contributed by atoms with E-state index in [0.717, 1.165) is 40.0 Å². The Labute approximate surface area is 191 Å². The minimum atomic E-state index is -0.0788. The van der Waals surface area contributed by atoms with Crippen LogP contribution in [0.1, 0.15) is 22.4 Å². The average Bonchev–Trinajstić information content (AvgIpc) is 3.35. The Morgan fingerprint density at radius 1 is 1.09 bits per heavy atom. The van der Waals surface area contributed by atoms with Crippen LogP contribution in [0.2, 0.25) is 5.02 Å². The first-order valence-electron chi connectivity index (χ1n) is 10.6. The molecule has 0 atom stereocenters. The van der Waals surface area contributed by atoms with Gasteiger partial charge in [0, 0.05) is 28.7 Å². The van der Waals surface area contributed by atoms with Crippen molar-refractivity contribution >= 4 is 34.2 Å². The molecule has 0 N–H and O–H groups in total. The van der Waals surface area contributed by atoms with Gasteiger partial charge in [0.1, 0.15) is 0 Å². The third-order valence-corrected chi connectivity index (χ3v) is 6.39. The number of carbonyl (C=O) groups excluding carboxylic acids is 1.